The van der Waals surface area contributed by atoms with E-state index in [2.05, 4.69) is 15.4 Å². The number of anilines is 2. The summed E-state index contributed by atoms with van der Waals surface area (Å²) >= 11 is 5.72. The van der Waals surface area contributed by atoms with Crippen molar-refractivity contribution in [2.24, 2.45) is 0 Å². The molecule has 0 spiro atoms. The van der Waals surface area contributed by atoms with Gasteiger partial charge in [0.25, 0.3) is 0 Å². The molecule has 2 amide bonds. The van der Waals surface area contributed by atoms with E-state index in [0.29, 0.717) is 16.4 Å². The molecule has 0 bridgehead atoms. The van der Waals surface area contributed by atoms with E-state index in [9.17, 15) is 18.0 Å². The van der Waals surface area contributed by atoms with Crippen molar-refractivity contribution in [2.45, 2.75) is 11.8 Å². The molecule has 0 atom stereocenters. The van der Waals surface area contributed by atoms with Gasteiger partial charge >= 0.3 is 0 Å². The van der Waals surface area contributed by atoms with Crippen molar-refractivity contribution in [3.63, 3.8) is 0 Å². The highest BCUT2D eigenvalue weighted by atomic mass is 35.5. The number of hydrogen-bond acceptors (Lipinski definition) is 4. The van der Waals surface area contributed by atoms with Crippen LogP contribution in [0.5, 0.6) is 0 Å². The maximum atomic E-state index is 12.1. The van der Waals surface area contributed by atoms with Gasteiger partial charge in [-0.2, -0.15) is 0 Å². The topological polar surface area (TPSA) is 104 Å². The van der Waals surface area contributed by atoms with E-state index in [1.54, 1.807) is 24.3 Å². The molecule has 2 rings (SSSR count). The molecule has 0 heterocycles. The second-order valence-corrected chi connectivity index (χ2v) is 7.29. The fourth-order valence-electron chi connectivity index (χ4n) is 1.90. The van der Waals surface area contributed by atoms with Gasteiger partial charge < -0.3 is 10.6 Å². The third-order valence-corrected chi connectivity index (χ3v) is 4.70. The molecule has 25 heavy (non-hydrogen) atoms. The Balaban J connectivity index is 1.91. The van der Waals surface area contributed by atoms with E-state index in [1.807, 2.05) is 0 Å². The van der Waals surface area contributed by atoms with Gasteiger partial charge in [0.05, 0.1) is 11.4 Å². The summed E-state index contributed by atoms with van der Waals surface area (Å²) < 4.78 is 26.4. The van der Waals surface area contributed by atoms with Crippen LogP contribution in [-0.4, -0.2) is 26.8 Å². The van der Waals surface area contributed by atoms with Crippen molar-refractivity contribution in [3.8, 4) is 0 Å². The Morgan fingerprint density at radius 2 is 1.44 bits per heavy atom. The summed E-state index contributed by atoms with van der Waals surface area (Å²) in [7, 11) is -3.80. The predicted octanol–water partition coefficient (Wildman–Crippen LogP) is 2.22. The van der Waals surface area contributed by atoms with Gasteiger partial charge in [0.1, 0.15) is 0 Å². The van der Waals surface area contributed by atoms with E-state index in [0.717, 1.165) is 0 Å². The average molecular weight is 382 g/mol. The SMILES string of the molecule is CC(=O)Nc1ccc(NC(=O)CNS(=O)(=O)c2ccc(Cl)cc2)cc1. The van der Waals surface area contributed by atoms with Crippen LogP contribution in [0.1, 0.15) is 6.92 Å². The Bertz CT molecular complexity index is 865. The molecule has 0 aliphatic rings. The first-order valence-electron chi connectivity index (χ1n) is 7.19. The number of sulfonamides is 1. The quantitative estimate of drug-likeness (QED) is 0.713. The molecule has 0 aliphatic heterocycles. The third kappa shape index (κ3) is 5.86. The van der Waals surface area contributed by atoms with Gasteiger partial charge in [0, 0.05) is 23.3 Å². The zero-order valence-electron chi connectivity index (χ0n) is 13.2. The minimum Gasteiger partial charge on any atom is -0.326 e. The monoisotopic (exact) mass is 381 g/mol. The van der Waals surface area contributed by atoms with Crippen LogP contribution in [0.25, 0.3) is 0 Å². The zero-order chi connectivity index (χ0) is 18.4. The van der Waals surface area contributed by atoms with Gasteiger partial charge in [-0.3, -0.25) is 9.59 Å². The Morgan fingerprint density at radius 1 is 0.920 bits per heavy atom. The van der Waals surface area contributed by atoms with Crippen LogP contribution < -0.4 is 15.4 Å². The minimum atomic E-state index is -3.80. The lowest BCUT2D eigenvalue weighted by molar-refractivity contribution is -0.115. The Kier molecular flexibility index (Phi) is 6.13. The molecule has 132 valence electrons. The fourth-order valence-corrected chi connectivity index (χ4v) is 3.01. The van der Waals surface area contributed by atoms with E-state index in [-0.39, 0.29) is 10.8 Å². The molecule has 0 radical (unpaired) electrons. The number of carbonyl (C=O) groups excluding carboxylic acids is 2. The first-order valence-corrected chi connectivity index (χ1v) is 9.05. The molecule has 7 nitrogen and oxygen atoms in total. The maximum Gasteiger partial charge on any atom is 0.241 e. The first kappa shape index (κ1) is 18.9. The third-order valence-electron chi connectivity index (χ3n) is 3.04. The van der Waals surface area contributed by atoms with Crippen molar-refractivity contribution >= 4 is 44.8 Å². The van der Waals surface area contributed by atoms with Crippen LogP contribution in [0.4, 0.5) is 11.4 Å². The standard InChI is InChI=1S/C16H16ClN3O4S/c1-11(21)19-13-4-6-14(7-5-13)20-16(22)10-18-25(23,24)15-8-2-12(17)3-9-15/h2-9,18H,10H2,1H3,(H,19,21)(H,20,22). The molecular formula is C16H16ClN3O4S. The Hall–Kier alpha value is -2.42. The molecule has 0 aliphatic carbocycles. The number of benzene rings is 2. The van der Waals surface area contributed by atoms with Gasteiger partial charge in [0.2, 0.25) is 21.8 Å². The molecule has 0 fully saturated rings. The van der Waals surface area contributed by atoms with Crippen molar-refractivity contribution < 1.29 is 18.0 Å². The summed E-state index contributed by atoms with van der Waals surface area (Å²) in [6.07, 6.45) is 0. The molecule has 0 saturated heterocycles. The van der Waals surface area contributed by atoms with Gasteiger partial charge in [-0.05, 0) is 48.5 Å². The largest absolute Gasteiger partial charge is 0.326 e. The van der Waals surface area contributed by atoms with Gasteiger partial charge in [-0.15, -0.1) is 0 Å². The second-order valence-electron chi connectivity index (χ2n) is 5.09. The molecule has 0 aromatic heterocycles. The van der Waals surface area contributed by atoms with Gasteiger partial charge in [0.15, 0.2) is 0 Å². The molecule has 0 unspecified atom stereocenters. The first-order chi connectivity index (χ1) is 11.8. The van der Waals surface area contributed by atoms with Crippen molar-refractivity contribution in [1.29, 1.82) is 0 Å². The summed E-state index contributed by atoms with van der Waals surface area (Å²) in [4.78, 5) is 22.8. The van der Waals surface area contributed by atoms with Gasteiger partial charge in [-0.1, -0.05) is 11.6 Å². The van der Waals surface area contributed by atoms with E-state index >= 15 is 0 Å². The lowest BCUT2D eigenvalue weighted by atomic mass is 10.2. The number of halogens is 1. The number of amides is 2. The summed E-state index contributed by atoms with van der Waals surface area (Å²) in [6.45, 7) is 0.973. The summed E-state index contributed by atoms with van der Waals surface area (Å²) in [5.41, 5.74) is 1.07. The zero-order valence-corrected chi connectivity index (χ0v) is 14.8. The van der Waals surface area contributed by atoms with E-state index in [1.165, 1.54) is 31.2 Å². The summed E-state index contributed by atoms with van der Waals surface area (Å²) in [5, 5.41) is 5.57. The molecular weight excluding hydrogens is 366 g/mol. The predicted molar refractivity (Wildman–Crippen MR) is 96.0 cm³/mol. The van der Waals surface area contributed by atoms with Crippen LogP contribution in [0.15, 0.2) is 53.4 Å². The summed E-state index contributed by atoms with van der Waals surface area (Å²) in [6, 6.07) is 12.0. The normalized spacial score (nSPS) is 11.0. The van der Waals surface area contributed by atoms with Gasteiger partial charge in [-0.25, -0.2) is 13.1 Å². The van der Waals surface area contributed by atoms with Crippen molar-refractivity contribution in [3.05, 3.63) is 53.6 Å². The fraction of sp³-hybridized carbons (Fsp3) is 0.125. The van der Waals surface area contributed by atoms with Crippen molar-refractivity contribution in [1.82, 2.24) is 4.72 Å². The Labute approximate surface area is 150 Å². The lowest BCUT2D eigenvalue weighted by Gasteiger charge is -2.09. The molecule has 9 heteroatoms. The molecule has 2 aromatic carbocycles. The Morgan fingerprint density at radius 3 is 1.96 bits per heavy atom. The van der Waals surface area contributed by atoms with Crippen molar-refractivity contribution in [2.75, 3.05) is 17.2 Å². The van der Waals surface area contributed by atoms with Crippen LogP contribution in [-0.2, 0) is 19.6 Å². The molecule has 0 saturated carbocycles. The number of rotatable bonds is 6. The maximum absolute atomic E-state index is 12.1. The van der Waals surface area contributed by atoms with Crippen LogP contribution in [0.3, 0.4) is 0 Å². The number of hydrogen-bond donors (Lipinski definition) is 3. The van der Waals surface area contributed by atoms with E-state index < -0.39 is 22.5 Å². The van der Waals surface area contributed by atoms with Crippen LogP contribution in [0.2, 0.25) is 5.02 Å². The smallest absolute Gasteiger partial charge is 0.241 e. The summed E-state index contributed by atoms with van der Waals surface area (Å²) in [5.74, 6) is -0.724. The molecule has 2 aromatic rings. The second kappa shape index (κ2) is 8.11. The van der Waals surface area contributed by atoms with Crippen LogP contribution in [0, 0.1) is 0 Å². The number of nitrogens with one attached hydrogen (secondary N) is 3. The highest BCUT2D eigenvalue weighted by molar-refractivity contribution is 7.89. The van der Waals surface area contributed by atoms with E-state index in [4.69, 9.17) is 11.6 Å². The lowest BCUT2D eigenvalue weighted by Crippen LogP contribution is -2.32. The van der Waals surface area contributed by atoms with Crippen LogP contribution >= 0.6 is 11.6 Å². The molecule has 3 N–H and O–H groups in total. The average Bonchev–Trinajstić information content (AvgIpc) is 2.55. The minimum absolute atomic E-state index is 0.0179. The highest BCUT2D eigenvalue weighted by Crippen LogP contribution is 2.15. The highest BCUT2D eigenvalue weighted by Gasteiger charge is 2.15. The number of carbonyl (C=O) groups is 2.